The van der Waals surface area contributed by atoms with E-state index >= 15 is 0 Å². The lowest BCUT2D eigenvalue weighted by molar-refractivity contribution is -0.870. The molecule has 0 spiro atoms. The van der Waals surface area contributed by atoms with E-state index in [2.05, 4.69) is 104 Å². The summed E-state index contributed by atoms with van der Waals surface area (Å²) in [6.45, 7) is 4.54. The number of phosphoric ester groups is 1. The molecular weight excluding hydrogens is 1070 g/mol. The molecule has 3 unspecified atom stereocenters. The third-order valence-corrected chi connectivity index (χ3v) is 17.0. The second-order valence-electron chi connectivity index (χ2n) is 25.5. The van der Waals surface area contributed by atoms with Gasteiger partial charge in [-0.3, -0.25) is 9.36 Å². The van der Waals surface area contributed by atoms with Gasteiger partial charge in [0.1, 0.15) is 13.2 Å². The molecule has 8 nitrogen and oxygen atoms in total. The van der Waals surface area contributed by atoms with Crippen molar-refractivity contribution < 1.29 is 32.9 Å². The summed E-state index contributed by atoms with van der Waals surface area (Å²) in [5.41, 5.74) is 0. The van der Waals surface area contributed by atoms with Gasteiger partial charge in [-0.1, -0.05) is 329 Å². The Labute approximate surface area is 528 Å². The number of carbonyl (C=O) groups is 1. The van der Waals surface area contributed by atoms with Crippen molar-refractivity contribution in [3.8, 4) is 0 Å². The summed E-state index contributed by atoms with van der Waals surface area (Å²) in [6, 6.07) is -0.917. The maximum atomic E-state index is 13.0. The first-order valence-electron chi connectivity index (χ1n) is 36.1. The lowest BCUT2D eigenvalue weighted by Gasteiger charge is -2.29. The average molecular weight is 1210 g/mol. The molecule has 9 heteroatoms. The summed E-state index contributed by atoms with van der Waals surface area (Å²) >= 11 is 0. The van der Waals surface area contributed by atoms with Crippen molar-refractivity contribution in [2.24, 2.45) is 0 Å². The summed E-state index contributed by atoms with van der Waals surface area (Å²) in [5.74, 6) is -0.211. The monoisotopic (exact) mass is 1210 g/mol. The molecule has 85 heavy (non-hydrogen) atoms. The van der Waals surface area contributed by atoms with Crippen LogP contribution in [0.3, 0.4) is 0 Å². The van der Waals surface area contributed by atoms with Crippen LogP contribution in [0.1, 0.15) is 328 Å². The number of hydrogen-bond donors (Lipinski definition) is 2. The Balaban J connectivity index is 4.12. The third-order valence-electron chi connectivity index (χ3n) is 16.0. The molecule has 0 radical (unpaired) electrons. The van der Waals surface area contributed by atoms with Crippen LogP contribution in [0.15, 0.2) is 97.2 Å². The molecule has 0 aliphatic rings. The molecular formula is C76H139N2O6P. The van der Waals surface area contributed by atoms with Gasteiger partial charge >= 0.3 is 0 Å². The Morgan fingerprint density at radius 3 is 1.09 bits per heavy atom. The normalized spacial score (nSPS) is 14.2. The molecule has 494 valence electrons. The number of unbranched alkanes of at least 4 members (excludes halogenated alkanes) is 39. The lowest BCUT2D eigenvalue weighted by Crippen LogP contribution is -2.45. The maximum Gasteiger partial charge on any atom is 0.268 e. The summed E-state index contributed by atoms with van der Waals surface area (Å²) in [4.78, 5) is 25.6. The van der Waals surface area contributed by atoms with Gasteiger partial charge < -0.3 is 28.8 Å². The molecule has 0 aromatic rings. The Morgan fingerprint density at radius 1 is 0.424 bits per heavy atom. The molecule has 2 N–H and O–H groups in total. The number of quaternary nitrogens is 1. The van der Waals surface area contributed by atoms with Gasteiger partial charge in [0, 0.05) is 6.42 Å². The van der Waals surface area contributed by atoms with Crippen molar-refractivity contribution in [2.45, 2.75) is 341 Å². The summed E-state index contributed by atoms with van der Waals surface area (Å²) in [6.07, 6.45) is 95.5. The van der Waals surface area contributed by atoms with Gasteiger partial charge in [0.25, 0.3) is 7.82 Å². The fourth-order valence-corrected chi connectivity index (χ4v) is 11.2. The van der Waals surface area contributed by atoms with Crippen LogP contribution in [-0.2, 0) is 18.4 Å². The van der Waals surface area contributed by atoms with Crippen LogP contribution < -0.4 is 10.2 Å². The van der Waals surface area contributed by atoms with E-state index in [0.29, 0.717) is 17.4 Å². The molecule has 0 saturated carbocycles. The van der Waals surface area contributed by atoms with Gasteiger partial charge in [-0.15, -0.1) is 0 Å². The van der Waals surface area contributed by atoms with Crippen molar-refractivity contribution >= 4 is 13.7 Å². The first kappa shape index (κ1) is 82.4. The zero-order valence-electron chi connectivity index (χ0n) is 56.5. The summed E-state index contributed by atoms with van der Waals surface area (Å²) < 4.78 is 23.4. The number of rotatable bonds is 66. The van der Waals surface area contributed by atoms with Crippen LogP contribution >= 0.6 is 7.82 Å². The van der Waals surface area contributed by atoms with Crippen molar-refractivity contribution in [3.05, 3.63) is 97.2 Å². The van der Waals surface area contributed by atoms with Crippen molar-refractivity contribution in [2.75, 3.05) is 40.9 Å². The minimum atomic E-state index is -4.62. The minimum absolute atomic E-state index is 0.0120. The Morgan fingerprint density at radius 2 is 0.729 bits per heavy atom. The van der Waals surface area contributed by atoms with E-state index in [1.165, 1.54) is 231 Å². The Hall–Kier alpha value is -2.58. The number of amides is 1. The number of nitrogens with one attached hydrogen (secondary N) is 1. The van der Waals surface area contributed by atoms with E-state index in [1.54, 1.807) is 6.08 Å². The quantitative estimate of drug-likeness (QED) is 0.0272. The smallest absolute Gasteiger partial charge is 0.268 e. The number of nitrogens with zero attached hydrogens (tertiary/aromatic N) is 1. The molecule has 0 rings (SSSR count). The number of aliphatic hydroxyl groups excluding tert-OH is 1. The Kier molecular flexibility index (Phi) is 63.9. The zero-order valence-corrected chi connectivity index (χ0v) is 57.4. The van der Waals surface area contributed by atoms with Gasteiger partial charge in [0.05, 0.1) is 39.9 Å². The fourth-order valence-electron chi connectivity index (χ4n) is 10.5. The van der Waals surface area contributed by atoms with Gasteiger partial charge in [0.2, 0.25) is 5.91 Å². The van der Waals surface area contributed by atoms with E-state index < -0.39 is 26.6 Å². The van der Waals surface area contributed by atoms with Crippen molar-refractivity contribution in [1.29, 1.82) is 0 Å². The van der Waals surface area contributed by atoms with Crippen LogP contribution in [0.2, 0.25) is 0 Å². The molecule has 0 bridgehead atoms. The van der Waals surface area contributed by atoms with E-state index in [9.17, 15) is 19.4 Å². The highest BCUT2D eigenvalue weighted by Gasteiger charge is 2.23. The SMILES string of the molecule is CC/C=C\C/C=C\C/C=C\C/C=C\C/C=C\CCCCCCCCCCCCCCCCCC(=O)NC(COP(=O)([O-])OCC[N+](C)(C)C)C(O)/C=C/CC/C=C/CC/C=C/CCCCCCCCCCCCCCCCCCCCCCCC. The number of likely N-dealkylation sites (N-methyl/N-ethyl adjacent to an activating group) is 1. The number of allylic oxidation sites excluding steroid dienone is 15. The van der Waals surface area contributed by atoms with Crippen molar-refractivity contribution in [1.82, 2.24) is 5.32 Å². The van der Waals surface area contributed by atoms with Gasteiger partial charge in [-0.25, -0.2) is 0 Å². The predicted octanol–water partition coefficient (Wildman–Crippen LogP) is 22.6. The highest BCUT2D eigenvalue weighted by atomic mass is 31.2. The summed E-state index contributed by atoms with van der Waals surface area (Å²) in [7, 11) is 1.24. The highest BCUT2D eigenvalue weighted by molar-refractivity contribution is 7.45. The molecule has 0 heterocycles. The largest absolute Gasteiger partial charge is 0.756 e. The van der Waals surface area contributed by atoms with Crippen molar-refractivity contribution in [3.63, 3.8) is 0 Å². The fraction of sp³-hybridized carbons (Fsp3) is 0.776. The summed E-state index contributed by atoms with van der Waals surface area (Å²) in [5, 5.41) is 13.9. The van der Waals surface area contributed by atoms with Crippen LogP contribution in [0.25, 0.3) is 0 Å². The third kappa shape index (κ3) is 68.8. The van der Waals surface area contributed by atoms with E-state index in [1.807, 2.05) is 27.2 Å². The second-order valence-corrected chi connectivity index (χ2v) is 27.0. The molecule has 0 aromatic heterocycles. The van der Waals surface area contributed by atoms with Crippen LogP contribution in [-0.4, -0.2) is 68.5 Å². The van der Waals surface area contributed by atoms with Crippen LogP contribution in [0.4, 0.5) is 0 Å². The second kappa shape index (κ2) is 65.9. The molecule has 0 fully saturated rings. The predicted molar refractivity (Wildman–Crippen MR) is 371 cm³/mol. The molecule has 0 aliphatic carbocycles. The minimum Gasteiger partial charge on any atom is -0.756 e. The van der Waals surface area contributed by atoms with Gasteiger partial charge in [-0.05, 0) is 89.9 Å². The molecule has 0 aliphatic heterocycles. The molecule has 3 atom stereocenters. The molecule has 1 amide bonds. The first-order valence-corrected chi connectivity index (χ1v) is 37.6. The standard InChI is InChI=1S/C76H139N2O6P/c1-6-8-10-12-14-16-18-20-22-24-26-28-30-32-34-36-38-40-41-43-45-47-49-51-53-55-57-59-61-63-65-67-69-75(79)74(73-84-85(81,82)83-72-71-78(3,4)5)77-76(80)70-68-66-64-62-60-58-56-54-52-50-48-46-44-42-39-37-35-33-31-29-27-25-23-21-19-17-15-13-11-9-7-2/h9,11,15,17,21,23,27,29,33,35,51,53,59,61,67,69,74-75,79H,6-8,10,12-14,16,18-20,22,24-26,28,30-32,34,36-50,52,54-58,60,62-66,68,70-73H2,1-5H3,(H-,77,80,81,82)/b11-9-,17-15-,23-21-,29-27-,35-33-,53-51+,61-59+,69-67+. The van der Waals surface area contributed by atoms with Crippen LogP contribution in [0.5, 0.6) is 0 Å². The topological polar surface area (TPSA) is 108 Å². The van der Waals surface area contributed by atoms with Crippen LogP contribution in [0, 0.1) is 0 Å². The lowest BCUT2D eigenvalue weighted by atomic mass is 10.0. The number of phosphoric acid groups is 1. The number of carbonyl (C=O) groups excluding carboxylic acids is 1. The number of aliphatic hydroxyl groups is 1. The Bertz CT molecular complexity index is 1710. The first-order chi connectivity index (χ1) is 41.5. The van der Waals surface area contributed by atoms with E-state index in [0.717, 1.165) is 77.0 Å². The maximum absolute atomic E-state index is 13.0. The zero-order chi connectivity index (χ0) is 61.9. The van der Waals surface area contributed by atoms with E-state index in [-0.39, 0.29) is 12.5 Å². The highest BCUT2D eigenvalue weighted by Crippen LogP contribution is 2.38. The molecule has 0 saturated heterocycles. The van der Waals surface area contributed by atoms with Gasteiger partial charge in [0.15, 0.2) is 0 Å². The van der Waals surface area contributed by atoms with Gasteiger partial charge in [-0.2, -0.15) is 0 Å². The average Bonchev–Trinajstić information content (AvgIpc) is 3.49. The molecule has 0 aromatic carbocycles. The number of hydrogen-bond acceptors (Lipinski definition) is 6. The van der Waals surface area contributed by atoms with E-state index in [4.69, 9.17) is 9.05 Å².